The molecule has 1 fully saturated rings. The van der Waals surface area contributed by atoms with Crippen molar-refractivity contribution in [3.05, 3.63) is 35.7 Å². The molecule has 0 nitrogen and oxygen atoms in total. The summed E-state index contributed by atoms with van der Waals surface area (Å²) in [7, 11) is 0. The first kappa shape index (κ1) is 26.0. The van der Waals surface area contributed by atoms with Gasteiger partial charge < -0.3 is 0 Å². The zero-order valence-electron chi connectivity index (χ0n) is 22.0. The molecule has 0 N–H and O–H groups in total. The van der Waals surface area contributed by atoms with E-state index in [2.05, 4.69) is 110 Å². The van der Waals surface area contributed by atoms with Crippen LogP contribution in [0.15, 0.2) is 35.7 Å². The smallest absolute Gasteiger partial charge is 0.0550 e. The Labute approximate surface area is 204 Å². The third-order valence-electron chi connectivity index (χ3n) is 8.59. The summed E-state index contributed by atoms with van der Waals surface area (Å²) in [4.78, 5) is 0. The van der Waals surface area contributed by atoms with Crippen molar-refractivity contribution >= 4 is 24.3 Å². The first-order valence-corrected chi connectivity index (χ1v) is 15.2. The molecule has 2 aliphatic heterocycles. The van der Waals surface area contributed by atoms with Crippen molar-refractivity contribution in [2.45, 2.75) is 92.9 Å². The standard InChI is InChI=1S/C30H46ClP/c1-22-13-14-24(21-31)15-16-26(22)27(29(6,7)8)30(9)20-25(19-28(3,4)5)32(23(30)2)17-11-10-12-18-32/h10-12,14,17-18,22-23,25-27H,13,19-21H2,1-9H3. The number of rotatable bonds is 4. The van der Waals surface area contributed by atoms with E-state index in [1.807, 2.05) is 0 Å². The molecular weight excluding hydrogens is 427 g/mol. The normalized spacial score (nSPS) is 38.0. The second-order valence-corrected chi connectivity index (χ2v) is 17.4. The predicted molar refractivity (Wildman–Crippen MR) is 148 cm³/mol. The lowest BCUT2D eigenvalue weighted by atomic mass is 9.55. The van der Waals surface area contributed by atoms with Crippen LogP contribution in [0, 0.1) is 45.8 Å². The Balaban J connectivity index is 2.14. The van der Waals surface area contributed by atoms with Crippen LogP contribution >= 0.6 is 18.5 Å². The van der Waals surface area contributed by atoms with Crippen molar-refractivity contribution in [3.8, 4) is 11.8 Å². The summed E-state index contributed by atoms with van der Waals surface area (Å²) in [5.41, 5.74) is 3.34. The van der Waals surface area contributed by atoms with E-state index < -0.39 is 6.89 Å². The molecule has 7 atom stereocenters. The van der Waals surface area contributed by atoms with Crippen molar-refractivity contribution in [3.63, 3.8) is 0 Å². The number of allylic oxidation sites excluding steroid dienone is 5. The third kappa shape index (κ3) is 4.91. The first-order chi connectivity index (χ1) is 14.7. The molecule has 3 aliphatic rings. The highest BCUT2D eigenvalue weighted by Crippen LogP contribution is 2.76. The lowest BCUT2D eigenvalue weighted by Crippen LogP contribution is -2.46. The Morgan fingerprint density at radius 2 is 1.81 bits per heavy atom. The van der Waals surface area contributed by atoms with Gasteiger partial charge in [0.2, 0.25) is 0 Å². The van der Waals surface area contributed by atoms with Crippen molar-refractivity contribution in [2.75, 3.05) is 5.88 Å². The largest absolute Gasteiger partial charge is 0.121 e. The van der Waals surface area contributed by atoms with Gasteiger partial charge in [0, 0.05) is 11.5 Å². The van der Waals surface area contributed by atoms with Crippen LogP contribution in [0.25, 0.3) is 0 Å². The molecule has 0 radical (unpaired) electrons. The Bertz CT molecular complexity index is 907. The molecule has 0 amide bonds. The monoisotopic (exact) mass is 472 g/mol. The fraction of sp³-hybridized carbons (Fsp3) is 0.700. The van der Waals surface area contributed by atoms with Gasteiger partial charge in [-0.25, -0.2) is 0 Å². The second-order valence-electron chi connectivity index (χ2n) is 13.3. The molecule has 1 spiro atoms. The van der Waals surface area contributed by atoms with Crippen LogP contribution < -0.4 is 0 Å². The molecule has 7 unspecified atom stereocenters. The van der Waals surface area contributed by atoms with Gasteiger partial charge in [-0.3, -0.25) is 0 Å². The molecule has 0 aromatic rings. The van der Waals surface area contributed by atoms with Crippen molar-refractivity contribution in [1.82, 2.24) is 0 Å². The maximum Gasteiger partial charge on any atom is 0.0550 e. The van der Waals surface area contributed by atoms with Gasteiger partial charge in [0.05, 0.1) is 5.88 Å². The molecule has 1 aliphatic carbocycles. The SMILES string of the molecule is CC1CC=C(CCl)C#CC1C(C(C)(C)C)C1(C)CC(CC(C)(C)C)P2(=CC=CC=C2)C1C. The van der Waals surface area contributed by atoms with Crippen molar-refractivity contribution in [2.24, 2.45) is 34.0 Å². The van der Waals surface area contributed by atoms with Crippen molar-refractivity contribution < 1.29 is 0 Å². The van der Waals surface area contributed by atoms with Gasteiger partial charge in [-0.2, -0.15) is 0 Å². The first-order valence-electron chi connectivity index (χ1n) is 12.6. The molecule has 2 heteroatoms. The second kappa shape index (κ2) is 9.20. The van der Waals surface area contributed by atoms with E-state index in [4.69, 9.17) is 11.6 Å². The molecule has 0 aromatic heterocycles. The third-order valence-corrected chi connectivity index (χ3v) is 13.8. The number of hydrogen-bond acceptors (Lipinski definition) is 0. The molecule has 3 rings (SSSR count). The zero-order valence-corrected chi connectivity index (χ0v) is 23.7. The lowest BCUT2D eigenvalue weighted by Gasteiger charge is -2.50. The van der Waals surface area contributed by atoms with Gasteiger partial charge in [0.15, 0.2) is 0 Å². The lowest BCUT2D eigenvalue weighted by molar-refractivity contribution is 0.0183. The van der Waals surface area contributed by atoms with Gasteiger partial charge in [-0.15, -0.1) is 11.6 Å². The van der Waals surface area contributed by atoms with E-state index >= 15 is 0 Å². The summed E-state index contributed by atoms with van der Waals surface area (Å²) in [5, 5.41) is 0. The van der Waals surface area contributed by atoms with Crippen LogP contribution in [0.3, 0.4) is 0 Å². The van der Waals surface area contributed by atoms with Gasteiger partial charge >= 0.3 is 0 Å². The summed E-state index contributed by atoms with van der Waals surface area (Å²) in [6, 6.07) is 0. The quantitative estimate of drug-likeness (QED) is 0.217. The Kier molecular flexibility index (Phi) is 7.47. The van der Waals surface area contributed by atoms with Crippen LogP contribution in [-0.2, 0) is 0 Å². The molecule has 0 bridgehead atoms. The molecule has 0 saturated carbocycles. The van der Waals surface area contributed by atoms with Gasteiger partial charge in [0.1, 0.15) is 0 Å². The molecule has 1 saturated heterocycles. The van der Waals surface area contributed by atoms with E-state index in [1.165, 1.54) is 12.8 Å². The van der Waals surface area contributed by atoms with E-state index in [1.54, 1.807) is 0 Å². The van der Waals surface area contributed by atoms with Gasteiger partial charge in [-0.1, -0.05) is 117 Å². The Morgan fingerprint density at radius 3 is 2.34 bits per heavy atom. The van der Waals surface area contributed by atoms with Crippen LogP contribution in [0.5, 0.6) is 0 Å². The average molecular weight is 473 g/mol. The highest BCUT2D eigenvalue weighted by atomic mass is 35.5. The molecular formula is C30H46ClP. The molecule has 178 valence electrons. The Morgan fingerprint density at radius 1 is 1.12 bits per heavy atom. The van der Waals surface area contributed by atoms with E-state index in [-0.39, 0.29) is 10.8 Å². The summed E-state index contributed by atoms with van der Waals surface area (Å²) in [6.45, 7) is 20.9. The highest BCUT2D eigenvalue weighted by molar-refractivity contribution is 7.79. The maximum atomic E-state index is 6.19. The molecule has 0 aromatic carbocycles. The minimum absolute atomic E-state index is 0.192. The highest BCUT2D eigenvalue weighted by Gasteiger charge is 2.58. The molecule has 32 heavy (non-hydrogen) atoms. The summed E-state index contributed by atoms with van der Waals surface area (Å²) in [6.07, 6.45) is 12.9. The molecule has 2 heterocycles. The minimum atomic E-state index is -1.36. The predicted octanol–water partition coefficient (Wildman–Crippen LogP) is 8.98. The topological polar surface area (TPSA) is 0 Å². The van der Waals surface area contributed by atoms with Crippen molar-refractivity contribution in [1.29, 1.82) is 0 Å². The minimum Gasteiger partial charge on any atom is -0.121 e. The average Bonchev–Trinajstić information content (AvgIpc) is 2.81. The zero-order chi connectivity index (χ0) is 23.9. The number of alkyl halides is 1. The van der Waals surface area contributed by atoms with Crippen LogP contribution in [0.4, 0.5) is 0 Å². The summed E-state index contributed by atoms with van der Waals surface area (Å²) >= 11 is 6.19. The summed E-state index contributed by atoms with van der Waals surface area (Å²) < 4.78 is 0. The number of hydrogen-bond donors (Lipinski definition) is 0. The van der Waals surface area contributed by atoms with Gasteiger partial charge in [0.25, 0.3) is 0 Å². The van der Waals surface area contributed by atoms with E-state index in [0.717, 1.165) is 17.7 Å². The van der Waals surface area contributed by atoms with Crippen LogP contribution in [-0.4, -0.2) is 23.0 Å². The van der Waals surface area contributed by atoms with Crippen LogP contribution in [0.2, 0.25) is 0 Å². The summed E-state index contributed by atoms with van der Waals surface area (Å²) in [5.74, 6) is 14.6. The van der Waals surface area contributed by atoms with Gasteiger partial charge in [-0.05, 0) is 58.7 Å². The maximum absolute atomic E-state index is 6.19. The van der Waals surface area contributed by atoms with Crippen LogP contribution in [0.1, 0.15) is 81.6 Å². The Hall–Kier alpha value is -0.630. The fourth-order valence-corrected chi connectivity index (χ4v) is 12.8. The number of halogens is 1. The van der Waals surface area contributed by atoms with E-state index in [9.17, 15) is 0 Å². The van der Waals surface area contributed by atoms with E-state index in [0.29, 0.717) is 34.7 Å². The fourth-order valence-electron chi connectivity index (χ4n) is 7.28.